The van der Waals surface area contributed by atoms with Crippen molar-refractivity contribution in [2.45, 2.75) is 0 Å². The van der Waals surface area contributed by atoms with Crippen LogP contribution < -0.4 is 4.65 Å². The van der Waals surface area contributed by atoms with E-state index >= 15 is 0 Å². The molecule has 0 atom stereocenters. The van der Waals surface area contributed by atoms with Crippen molar-refractivity contribution in [2.24, 2.45) is 0 Å². The Morgan fingerprint density at radius 2 is 2.08 bits per heavy atom. The second-order valence-corrected chi connectivity index (χ2v) is 2.67. The summed E-state index contributed by atoms with van der Waals surface area (Å²) in [6.07, 6.45) is 1.81. The molecule has 0 fully saturated rings. The van der Waals surface area contributed by atoms with Gasteiger partial charge in [0.25, 0.3) is 0 Å². The molecule has 2 aromatic rings. The van der Waals surface area contributed by atoms with E-state index in [1.807, 2.05) is 18.3 Å². The highest BCUT2D eigenvalue weighted by atomic mass is 16.6. The Balaban J connectivity index is 2.37. The summed E-state index contributed by atoms with van der Waals surface area (Å²) < 4.78 is 4.68. The van der Waals surface area contributed by atoms with Gasteiger partial charge in [-0.2, -0.15) is 0 Å². The highest BCUT2D eigenvalue weighted by Gasteiger charge is 2.10. The number of fused-ring (bicyclic) bond motifs is 1. The van der Waals surface area contributed by atoms with Gasteiger partial charge < -0.3 is 19.7 Å². The van der Waals surface area contributed by atoms with Gasteiger partial charge >= 0.3 is 7.32 Å². The average Bonchev–Trinajstić information content (AvgIpc) is 2.49. The summed E-state index contributed by atoms with van der Waals surface area (Å²) in [5.74, 6) is 0.421. The van der Waals surface area contributed by atoms with Crippen molar-refractivity contribution in [3.05, 3.63) is 30.5 Å². The van der Waals surface area contributed by atoms with Crippen LogP contribution in [0.25, 0.3) is 10.9 Å². The van der Waals surface area contributed by atoms with Gasteiger partial charge in [0.1, 0.15) is 5.75 Å². The summed E-state index contributed by atoms with van der Waals surface area (Å²) in [6, 6.07) is 7.14. The lowest BCUT2D eigenvalue weighted by atomic mass is 10.2. The summed E-state index contributed by atoms with van der Waals surface area (Å²) >= 11 is 0. The number of rotatable bonds is 2. The summed E-state index contributed by atoms with van der Waals surface area (Å²) in [5.41, 5.74) is 0.901. The van der Waals surface area contributed by atoms with Crippen LogP contribution in [0.4, 0.5) is 0 Å². The topological polar surface area (TPSA) is 65.5 Å². The van der Waals surface area contributed by atoms with E-state index in [0.29, 0.717) is 5.75 Å². The third kappa shape index (κ3) is 1.66. The van der Waals surface area contributed by atoms with Crippen LogP contribution in [0, 0.1) is 0 Å². The molecular weight excluding hydrogens is 169 g/mol. The van der Waals surface area contributed by atoms with Crippen molar-refractivity contribution in [3.8, 4) is 5.75 Å². The van der Waals surface area contributed by atoms with Crippen LogP contribution in [0.5, 0.6) is 5.75 Å². The van der Waals surface area contributed by atoms with E-state index in [0.717, 1.165) is 10.9 Å². The van der Waals surface area contributed by atoms with Gasteiger partial charge in [-0.1, -0.05) is 0 Å². The maximum atomic E-state index is 8.55. The predicted octanol–water partition coefficient (Wildman–Crippen LogP) is 0.516. The van der Waals surface area contributed by atoms with E-state index in [-0.39, 0.29) is 0 Å². The summed E-state index contributed by atoms with van der Waals surface area (Å²) in [7, 11) is -1.77. The first-order valence-corrected chi connectivity index (χ1v) is 3.85. The summed E-state index contributed by atoms with van der Waals surface area (Å²) in [5, 5.41) is 18.2. The zero-order valence-corrected chi connectivity index (χ0v) is 6.77. The molecule has 0 aliphatic carbocycles. The van der Waals surface area contributed by atoms with Gasteiger partial charge in [-0.15, -0.1) is 0 Å². The molecule has 3 N–H and O–H groups in total. The lowest BCUT2D eigenvalue weighted by Crippen LogP contribution is -2.20. The predicted molar refractivity (Wildman–Crippen MR) is 49.1 cm³/mol. The largest absolute Gasteiger partial charge is 0.707 e. The van der Waals surface area contributed by atoms with Gasteiger partial charge in [0.2, 0.25) is 0 Å². The van der Waals surface area contributed by atoms with E-state index in [9.17, 15) is 0 Å². The number of H-pyrrole nitrogens is 1. The van der Waals surface area contributed by atoms with E-state index < -0.39 is 7.32 Å². The minimum absolute atomic E-state index is 0.421. The Labute approximate surface area is 75.0 Å². The molecule has 0 saturated heterocycles. The number of benzene rings is 1. The van der Waals surface area contributed by atoms with Crippen LogP contribution in [0.2, 0.25) is 0 Å². The Kier molecular flexibility index (Phi) is 1.96. The number of aromatic nitrogens is 1. The van der Waals surface area contributed by atoms with Gasteiger partial charge in [-0.05, 0) is 23.6 Å². The van der Waals surface area contributed by atoms with E-state index in [1.54, 1.807) is 12.1 Å². The fraction of sp³-hybridized carbons (Fsp3) is 0. The van der Waals surface area contributed by atoms with Crippen molar-refractivity contribution in [1.82, 2.24) is 4.98 Å². The molecule has 1 aromatic heterocycles. The molecule has 1 aromatic carbocycles. The molecule has 0 radical (unpaired) electrons. The molecule has 2 rings (SSSR count). The molecule has 13 heavy (non-hydrogen) atoms. The maximum absolute atomic E-state index is 8.55. The Morgan fingerprint density at radius 3 is 2.85 bits per heavy atom. The molecule has 0 unspecified atom stereocenters. The van der Waals surface area contributed by atoms with Crippen LogP contribution in [0.1, 0.15) is 0 Å². The number of hydrogen-bond acceptors (Lipinski definition) is 3. The smallest absolute Gasteiger partial charge is 0.512 e. The quantitative estimate of drug-likeness (QED) is 0.585. The molecule has 5 heteroatoms. The lowest BCUT2D eigenvalue weighted by Gasteiger charge is -2.03. The minimum Gasteiger partial charge on any atom is -0.512 e. The zero-order chi connectivity index (χ0) is 9.26. The van der Waals surface area contributed by atoms with Gasteiger partial charge in [-0.3, -0.25) is 0 Å². The summed E-state index contributed by atoms with van der Waals surface area (Å²) in [4.78, 5) is 2.99. The fourth-order valence-corrected chi connectivity index (χ4v) is 1.22. The Morgan fingerprint density at radius 1 is 1.23 bits per heavy atom. The molecule has 66 valence electrons. The van der Waals surface area contributed by atoms with E-state index in [2.05, 4.69) is 9.64 Å². The van der Waals surface area contributed by atoms with Gasteiger partial charge in [0.15, 0.2) is 0 Å². The number of nitrogens with one attached hydrogen (secondary N) is 1. The van der Waals surface area contributed by atoms with Crippen molar-refractivity contribution in [3.63, 3.8) is 0 Å². The summed E-state index contributed by atoms with van der Waals surface area (Å²) in [6.45, 7) is 0. The van der Waals surface area contributed by atoms with Gasteiger partial charge in [-0.25, -0.2) is 0 Å². The monoisotopic (exact) mass is 177 g/mol. The zero-order valence-electron chi connectivity index (χ0n) is 6.77. The number of aromatic amines is 1. The highest BCUT2D eigenvalue weighted by molar-refractivity contribution is 6.33. The van der Waals surface area contributed by atoms with Crippen molar-refractivity contribution in [1.29, 1.82) is 0 Å². The second kappa shape index (κ2) is 3.12. The number of hydrogen-bond donors (Lipinski definition) is 3. The molecule has 0 aliphatic heterocycles. The van der Waals surface area contributed by atoms with Crippen LogP contribution in [0.15, 0.2) is 30.5 Å². The molecule has 0 amide bonds. The average molecular weight is 177 g/mol. The van der Waals surface area contributed by atoms with Crippen LogP contribution in [-0.2, 0) is 0 Å². The normalized spacial score (nSPS) is 10.3. The van der Waals surface area contributed by atoms with Crippen LogP contribution >= 0.6 is 0 Å². The third-order valence-electron chi connectivity index (χ3n) is 1.77. The van der Waals surface area contributed by atoms with E-state index in [4.69, 9.17) is 10.0 Å². The van der Waals surface area contributed by atoms with Gasteiger partial charge in [0, 0.05) is 17.8 Å². The standard InChI is InChI=1S/C8H8BNO3/c11-9(12)13-7-2-1-6-3-4-10-8(6)5-7/h1-5,10-12H. The minimum atomic E-state index is -1.77. The molecule has 0 saturated carbocycles. The fourth-order valence-electron chi connectivity index (χ4n) is 1.22. The third-order valence-corrected chi connectivity index (χ3v) is 1.77. The van der Waals surface area contributed by atoms with Crippen LogP contribution in [-0.4, -0.2) is 22.4 Å². The van der Waals surface area contributed by atoms with Gasteiger partial charge in [0.05, 0.1) is 0 Å². The first-order chi connectivity index (χ1) is 6.25. The maximum Gasteiger partial charge on any atom is 0.707 e. The molecule has 4 nitrogen and oxygen atoms in total. The first kappa shape index (κ1) is 8.16. The first-order valence-electron chi connectivity index (χ1n) is 3.85. The van der Waals surface area contributed by atoms with Crippen molar-refractivity contribution >= 4 is 18.2 Å². The molecule has 1 heterocycles. The molecule has 0 bridgehead atoms. The van der Waals surface area contributed by atoms with Crippen molar-refractivity contribution in [2.75, 3.05) is 0 Å². The van der Waals surface area contributed by atoms with Crippen LogP contribution in [0.3, 0.4) is 0 Å². The highest BCUT2D eigenvalue weighted by Crippen LogP contribution is 2.19. The lowest BCUT2D eigenvalue weighted by molar-refractivity contribution is 0.288. The molecule has 0 spiro atoms. The molecule has 0 aliphatic rings. The molecular formula is C8H8BNO3. The SMILES string of the molecule is OB(O)Oc1ccc2cc[nH]c2c1. The second-order valence-electron chi connectivity index (χ2n) is 2.67. The van der Waals surface area contributed by atoms with Crippen molar-refractivity contribution < 1.29 is 14.7 Å². The Bertz CT molecular complexity index is 412. The Hall–Kier alpha value is -1.46. The van der Waals surface area contributed by atoms with E-state index in [1.165, 1.54) is 0 Å².